The van der Waals surface area contributed by atoms with E-state index in [1.54, 1.807) is 0 Å². The summed E-state index contributed by atoms with van der Waals surface area (Å²) in [6.45, 7) is 10.2. The molecule has 1 heterocycles. The van der Waals surface area contributed by atoms with Gasteiger partial charge in [0, 0.05) is 36.9 Å². The molecular weight excluding hydrogens is 244 g/mol. The van der Waals surface area contributed by atoms with E-state index < -0.39 is 0 Å². The number of anilines is 1. The van der Waals surface area contributed by atoms with Crippen LogP contribution in [0.2, 0.25) is 5.02 Å². The highest BCUT2D eigenvalue weighted by Gasteiger charge is 2.18. The van der Waals surface area contributed by atoms with Crippen molar-refractivity contribution in [2.45, 2.75) is 26.7 Å². The molecule has 1 fully saturated rings. The van der Waals surface area contributed by atoms with Crippen molar-refractivity contribution in [1.82, 2.24) is 4.90 Å². The van der Waals surface area contributed by atoms with Gasteiger partial charge >= 0.3 is 0 Å². The first-order chi connectivity index (χ1) is 8.72. The Balaban J connectivity index is 1.95. The Kier molecular flexibility index (Phi) is 4.90. The zero-order chi connectivity index (χ0) is 13.0. The molecule has 0 unspecified atom stereocenters. The molecule has 2 nitrogen and oxygen atoms in total. The number of halogens is 1. The van der Waals surface area contributed by atoms with Gasteiger partial charge in [0.1, 0.15) is 0 Å². The van der Waals surface area contributed by atoms with Crippen molar-refractivity contribution in [2.75, 3.05) is 37.6 Å². The van der Waals surface area contributed by atoms with Crippen molar-refractivity contribution < 1.29 is 0 Å². The summed E-state index contributed by atoms with van der Waals surface area (Å²) in [6.07, 6.45) is 2.60. The lowest BCUT2D eigenvalue weighted by molar-refractivity contribution is 0.254. The zero-order valence-electron chi connectivity index (χ0n) is 11.5. The first-order valence-electron chi connectivity index (χ1n) is 6.94. The molecule has 3 heteroatoms. The standard InChI is InChI=1S/C15H23ClN2/c1-3-4-8-17-9-11-18(12-10-17)15-7-5-6-14(16)13(15)2/h5-7H,3-4,8-12H2,1-2H3. The molecule has 1 aliphatic heterocycles. The molecule has 0 spiro atoms. The molecule has 100 valence electrons. The Morgan fingerprint density at radius 3 is 2.56 bits per heavy atom. The fourth-order valence-electron chi connectivity index (χ4n) is 2.53. The lowest BCUT2D eigenvalue weighted by Gasteiger charge is -2.36. The summed E-state index contributed by atoms with van der Waals surface area (Å²) in [4.78, 5) is 5.03. The van der Waals surface area contributed by atoms with Gasteiger partial charge in [-0.1, -0.05) is 31.0 Å². The smallest absolute Gasteiger partial charge is 0.0455 e. The molecule has 0 amide bonds. The van der Waals surface area contributed by atoms with E-state index in [1.165, 1.54) is 43.7 Å². The van der Waals surface area contributed by atoms with E-state index >= 15 is 0 Å². The molecule has 0 aliphatic carbocycles. The first kappa shape index (κ1) is 13.7. The van der Waals surface area contributed by atoms with Crippen LogP contribution in [-0.2, 0) is 0 Å². The van der Waals surface area contributed by atoms with Crippen LogP contribution in [-0.4, -0.2) is 37.6 Å². The molecule has 1 aliphatic rings. The monoisotopic (exact) mass is 266 g/mol. The van der Waals surface area contributed by atoms with Crippen LogP contribution in [0.25, 0.3) is 0 Å². The van der Waals surface area contributed by atoms with Gasteiger partial charge in [-0.15, -0.1) is 0 Å². The molecule has 1 aromatic carbocycles. The van der Waals surface area contributed by atoms with Crippen LogP contribution < -0.4 is 4.90 Å². The maximum absolute atomic E-state index is 6.19. The number of piperazine rings is 1. The molecule has 1 saturated heterocycles. The van der Waals surface area contributed by atoms with E-state index in [0.717, 1.165) is 18.1 Å². The fraction of sp³-hybridized carbons (Fsp3) is 0.600. The summed E-state index contributed by atoms with van der Waals surface area (Å²) in [5.41, 5.74) is 2.51. The maximum atomic E-state index is 6.19. The van der Waals surface area contributed by atoms with Gasteiger partial charge in [-0.25, -0.2) is 0 Å². The summed E-state index contributed by atoms with van der Waals surface area (Å²) >= 11 is 6.19. The number of hydrogen-bond acceptors (Lipinski definition) is 2. The molecule has 0 radical (unpaired) electrons. The summed E-state index contributed by atoms with van der Waals surface area (Å²) < 4.78 is 0. The van der Waals surface area contributed by atoms with E-state index in [9.17, 15) is 0 Å². The summed E-state index contributed by atoms with van der Waals surface area (Å²) in [5, 5.41) is 0.876. The molecule has 0 N–H and O–H groups in total. The minimum absolute atomic E-state index is 0.876. The second kappa shape index (κ2) is 6.44. The Labute approximate surface area is 116 Å². The van der Waals surface area contributed by atoms with E-state index in [-0.39, 0.29) is 0 Å². The molecule has 0 aromatic heterocycles. The van der Waals surface area contributed by atoms with E-state index in [1.807, 2.05) is 12.1 Å². The molecule has 1 aromatic rings. The number of hydrogen-bond donors (Lipinski definition) is 0. The third kappa shape index (κ3) is 3.18. The zero-order valence-corrected chi connectivity index (χ0v) is 12.2. The minimum atomic E-state index is 0.876. The van der Waals surface area contributed by atoms with E-state index in [4.69, 9.17) is 11.6 Å². The van der Waals surface area contributed by atoms with Gasteiger partial charge in [0.25, 0.3) is 0 Å². The molecule has 18 heavy (non-hydrogen) atoms. The Morgan fingerprint density at radius 2 is 1.89 bits per heavy atom. The topological polar surface area (TPSA) is 6.48 Å². The normalized spacial score (nSPS) is 17.2. The third-order valence-corrected chi connectivity index (χ3v) is 4.19. The van der Waals surface area contributed by atoms with Crippen LogP contribution in [0.3, 0.4) is 0 Å². The largest absolute Gasteiger partial charge is 0.369 e. The molecule has 0 atom stereocenters. The fourth-order valence-corrected chi connectivity index (χ4v) is 2.70. The van der Waals surface area contributed by atoms with Crippen molar-refractivity contribution in [3.05, 3.63) is 28.8 Å². The third-order valence-electron chi connectivity index (χ3n) is 3.78. The number of nitrogens with zero attached hydrogens (tertiary/aromatic N) is 2. The van der Waals surface area contributed by atoms with Gasteiger partial charge in [0.2, 0.25) is 0 Å². The second-order valence-corrected chi connectivity index (χ2v) is 5.47. The van der Waals surface area contributed by atoms with Gasteiger partial charge in [0.15, 0.2) is 0 Å². The number of unbranched alkanes of at least 4 members (excludes halogenated alkanes) is 1. The predicted molar refractivity (Wildman–Crippen MR) is 79.8 cm³/mol. The first-order valence-corrected chi connectivity index (χ1v) is 7.32. The molecule has 0 bridgehead atoms. The highest BCUT2D eigenvalue weighted by Crippen LogP contribution is 2.27. The van der Waals surface area contributed by atoms with Gasteiger partial charge in [-0.3, -0.25) is 4.90 Å². The Morgan fingerprint density at radius 1 is 1.17 bits per heavy atom. The minimum Gasteiger partial charge on any atom is -0.369 e. The lowest BCUT2D eigenvalue weighted by Crippen LogP contribution is -2.46. The Bertz CT molecular complexity index is 384. The Hall–Kier alpha value is -0.730. The van der Waals surface area contributed by atoms with E-state index in [2.05, 4.69) is 29.7 Å². The van der Waals surface area contributed by atoms with Gasteiger partial charge in [0.05, 0.1) is 0 Å². The van der Waals surface area contributed by atoms with Crippen LogP contribution in [0.1, 0.15) is 25.3 Å². The van der Waals surface area contributed by atoms with Crippen LogP contribution >= 0.6 is 11.6 Å². The predicted octanol–water partition coefficient (Wildman–Crippen LogP) is 3.57. The van der Waals surface area contributed by atoms with Crippen LogP contribution in [0.15, 0.2) is 18.2 Å². The second-order valence-electron chi connectivity index (χ2n) is 5.07. The van der Waals surface area contributed by atoms with Crippen LogP contribution in [0.5, 0.6) is 0 Å². The highest BCUT2D eigenvalue weighted by molar-refractivity contribution is 6.31. The van der Waals surface area contributed by atoms with Crippen molar-refractivity contribution >= 4 is 17.3 Å². The molecule has 2 rings (SSSR count). The van der Waals surface area contributed by atoms with Gasteiger partial charge < -0.3 is 4.90 Å². The van der Waals surface area contributed by atoms with Crippen LogP contribution in [0, 0.1) is 6.92 Å². The average Bonchev–Trinajstić information content (AvgIpc) is 2.40. The van der Waals surface area contributed by atoms with E-state index in [0.29, 0.717) is 0 Å². The van der Waals surface area contributed by atoms with Crippen LogP contribution in [0.4, 0.5) is 5.69 Å². The number of benzene rings is 1. The lowest BCUT2D eigenvalue weighted by atomic mass is 10.1. The summed E-state index contributed by atoms with van der Waals surface area (Å²) in [5.74, 6) is 0. The molecular formula is C15H23ClN2. The summed E-state index contributed by atoms with van der Waals surface area (Å²) in [6, 6.07) is 6.20. The quantitative estimate of drug-likeness (QED) is 0.822. The maximum Gasteiger partial charge on any atom is 0.0455 e. The van der Waals surface area contributed by atoms with Gasteiger partial charge in [-0.2, -0.15) is 0 Å². The average molecular weight is 267 g/mol. The van der Waals surface area contributed by atoms with Gasteiger partial charge in [-0.05, 0) is 37.6 Å². The van der Waals surface area contributed by atoms with Crippen molar-refractivity contribution in [2.24, 2.45) is 0 Å². The molecule has 0 saturated carbocycles. The number of rotatable bonds is 4. The van der Waals surface area contributed by atoms with Crippen molar-refractivity contribution in [3.8, 4) is 0 Å². The summed E-state index contributed by atoms with van der Waals surface area (Å²) in [7, 11) is 0. The van der Waals surface area contributed by atoms with Crippen molar-refractivity contribution in [3.63, 3.8) is 0 Å². The van der Waals surface area contributed by atoms with Crippen molar-refractivity contribution in [1.29, 1.82) is 0 Å². The SMILES string of the molecule is CCCCN1CCN(c2cccc(Cl)c2C)CC1. The highest BCUT2D eigenvalue weighted by atomic mass is 35.5.